The number of carbonyl (C=O) groups excluding carboxylic acids is 2. The summed E-state index contributed by atoms with van der Waals surface area (Å²) >= 11 is 0. The largest absolute Gasteiger partial charge is 0.351 e. The van der Waals surface area contributed by atoms with E-state index in [0.717, 1.165) is 19.3 Å². The van der Waals surface area contributed by atoms with E-state index in [4.69, 9.17) is 5.73 Å². The molecule has 0 radical (unpaired) electrons. The zero-order valence-corrected chi connectivity index (χ0v) is 17.5. The molecule has 0 aliphatic rings. The van der Waals surface area contributed by atoms with Crippen molar-refractivity contribution in [3.63, 3.8) is 0 Å². The molecular weight excluding hydrogens is 392 g/mol. The molecule has 5 N–H and O–H groups in total. The van der Waals surface area contributed by atoms with Crippen LogP contribution in [0.15, 0.2) is 29.2 Å². The van der Waals surface area contributed by atoms with E-state index in [1.807, 2.05) is 6.92 Å². The summed E-state index contributed by atoms with van der Waals surface area (Å²) in [6, 6.07) is 4.58. The molecule has 2 amide bonds. The predicted octanol–water partition coefficient (Wildman–Crippen LogP) is 1.37. The van der Waals surface area contributed by atoms with E-state index >= 15 is 0 Å². The average molecular weight is 421 g/mol. The molecule has 1 rings (SSSR count). The fourth-order valence-corrected chi connectivity index (χ4v) is 3.50. The monoisotopic (exact) mass is 420 g/mol. The molecular formula is C17H29ClN4O4S. The fourth-order valence-electron chi connectivity index (χ4n) is 2.30. The van der Waals surface area contributed by atoms with Crippen LogP contribution in [0.3, 0.4) is 0 Å². The Morgan fingerprint density at radius 1 is 1.19 bits per heavy atom. The van der Waals surface area contributed by atoms with Gasteiger partial charge in [-0.3, -0.25) is 9.59 Å². The van der Waals surface area contributed by atoms with E-state index in [1.54, 1.807) is 0 Å². The van der Waals surface area contributed by atoms with Crippen molar-refractivity contribution in [2.24, 2.45) is 5.73 Å². The van der Waals surface area contributed by atoms with Crippen LogP contribution in [0, 0.1) is 0 Å². The maximum Gasteiger partial charge on any atom is 0.241 e. The summed E-state index contributed by atoms with van der Waals surface area (Å²) in [5.41, 5.74) is 6.14. The van der Waals surface area contributed by atoms with Crippen LogP contribution in [-0.4, -0.2) is 38.9 Å². The summed E-state index contributed by atoms with van der Waals surface area (Å²) in [4.78, 5) is 23.2. The minimum Gasteiger partial charge on any atom is -0.351 e. The summed E-state index contributed by atoms with van der Waals surface area (Å²) in [7, 11) is -3.86. The Morgan fingerprint density at radius 2 is 1.78 bits per heavy atom. The Labute approximate surface area is 167 Å². The highest BCUT2D eigenvalue weighted by Crippen LogP contribution is 2.14. The van der Waals surface area contributed by atoms with Crippen molar-refractivity contribution < 1.29 is 18.0 Å². The van der Waals surface area contributed by atoms with Crippen molar-refractivity contribution in [1.82, 2.24) is 10.0 Å². The van der Waals surface area contributed by atoms with E-state index in [9.17, 15) is 18.0 Å². The molecule has 0 saturated carbocycles. The predicted molar refractivity (Wildman–Crippen MR) is 108 cm³/mol. The molecule has 1 aromatic carbocycles. The highest BCUT2D eigenvalue weighted by atomic mass is 35.5. The molecule has 0 bridgehead atoms. The topological polar surface area (TPSA) is 130 Å². The van der Waals surface area contributed by atoms with Crippen LogP contribution in [0.2, 0.25) is 0 Å². The zero-order valence-electron chi connectivity index (χ0n) is 15.8. The van der Waals surface area contributed by atoms with E-state index in [0.29, 0.717) is 12.2 Å². The van der Waals surface area contributed by atoms with Gasteiger partial charge in [0, 0.05) is 25.2 Å². The lowest BCUT2D eigenvalue weighted by Crippen LogP contribution is -2.49. The molecule has 0 fully saturated rings. The van der Waals surface area contributed by atoms with Gasteiger partial charge in [0.05, 0.1) is 10.9 Å². The Balaban J connectivity index is 0.00000676. The molecule has 0 aliphatic heterocycles. The molecule has 1 aromatic rings. The zero-order chi connectivity index (χ0) is 19.7. The van der Waals surface area contributed by atoms with Crippen molar-refractivity contribution in [3.05, 3.63) is 24.3 Å². The SMILES string of the molecule is CCCCC(CN)NC(=O)C(C)NS(=O)(=O)c1ccc(NC(C)=O)cc1.Cl. The lowest BCUT2D eigenvalue weighted by molar-refractivity contribution is -0.123. The first kappa shape index (κ1) is 25.3. The van der Waals surface area contributed by atoms with Gasteiger partial charge in [0.1, 0.15) is 0 Å². The number of unbranched alkanes of at least 4 members (excludes halogenated alkanes) is 1. The van der Waals surface area contributed by atoms with Crippen LogP contribution in [0.1, 0.15) is 40.0 Å². The van der Waals surface area contributed by atoms with Gasteiger partial charge in [0.25, 0.3) is 0 Å². The van der Waals surface area contributed by atoms with Crippen LogP contribution >= 0.6 is 12.4 Å². The first-order valence-corrected chi connectivity index (χ1v) is 10.1. The number of rotatable bonds is 10. The Bertz CT molecular complexity index is 710. The molecule has 154 valence electrons. The molecule has 0 spiro atoms. The van der Waals surface area contributed by atoms with E-state index < -0.39 is 22.0 Å². The molecule has 0 heterocycles. The van der Waals surface area contributed by atoms with Gasteiger partial charge in [0.15, 0.2) is 0 Å². The number of sulfonamides is 1. The number of carbonyl (C=O) groups is 2. The third-order valence-electron chi connectivity index (χ3n) is 3.75. The number of hydrogen-bond acceptors (Lipinski definition) is 5. The Hall–Kier alpha value is -1.68. The number of anilines is 1. The van der Waals surface area contributed by atoms with Gasteiger partial charge < -0.3 is 16.4 Å². The Kier molecular flexibility index (Phi) is 11.2. The maximum atomic E-state index is 12.4. The standard InChI is InChI=1S/C17H28N4O4S.ClH/c1-4-5-6-15(11-18)20-17(23)12(2)21-26(24,25)16-9-7-14(8-10-16)19-13(3)22;/h7-10,12,15,21H,4-6,11,18H2,1-3H3,(H,19,22)(H,20,23);1H. The fraction of sp³-hybridized carbons (Fsp3) is 0.529. The third-order valence-corrected chi connectivity index (χ3v) is 5.30. The van der Waals surface area contributed by atoms with Crippen molar-refractivity contribution in [2.45, 2.75) is 57.0 Å². The highest BCUT2D eigenvalue weighted by molar-refractivity contribution is 7.89. The molecule has 27 heavy (non-hydrogen) atoms. The quantitative estimate of drug-likeness (QED) is 0.454. The van der Waals surface area contributed by atoms with Crippen LogP contribution in [0.5, 0.6) is 0 Å². The van der Waals surface area contributed by atoms with Gasteiger partial charge in [-0.15, -0.1) is 12.4 Å². The van der Waals surface area contributed by atoms with Crippen LogP contribution < -0.4 is 21.1 Å². The van der Waals surface area contributed by atoms with Gasteiger partial charge in [-0.1, -0.05) is 19.8 Å². The smallest absolute Gasteiger partial charge is 0.241 e. The number of nitrogens with two attached hydrogens (primary N) is 1. The molecule has 0 aromatic heterocycles. The number of halogens is 1. The Morgan fingerprint density at radius 3 is 2.26 bits per heavy atom. The van der Waals surface area contributed by atoms with Crippen molar-refractivity contribution in [2.75, 3.05) is 11.9 Å². The normalized spacial score (nSPS) is 13.2. The lowest BCUT2D eigenvalue weighted by Gasteiger charge is -2.20. The van der Waals surface area contributed by atoms with Gasteiger partial charge in [0.2, 0.25) is 21.8 Å². The summed E-state index contributed by atoms with van der Waals surface area (Å²) in [6.45, 7) is 5.19. The summed E-state index contributed by atoms with van der Waals surface area (Å²) in [5.74, 6) is -0.670. The van der Waals surface area contributed by atoms with Gasteiger partial charge in [-0.2, -0.15) is 4.72 Å². The third kappa shape index (κ3) is 8.70. The van der Waals surface area contributed by atoms with E-state index in [-0.39, 0.29) is 29.3 Å². The molecule has 2 unspecified atom stereocenters. The number of benzene rings is 1. The highest BCUT2D eigenvalue weighted by Gasteiger charge is 2.23. The molecule has 8 nitrogen and oxygen atoms in total. The van der Waals surface area contributed by atoms with Crippen LogP contribution in [0.25, 0.3) is 0 Å². The molecule has 10 heteroatoms. The first-order chi connectivity index (χ1) is 12.2. The maximum absolute atomic E-state index is 12.4. The van der Waals surface area contributed by atoms with Gasteiger partial charge in [-0.25, -0.2) is 8.42 Å². The minimum absolute atomic E-state index is 0. The summed E-state index contributed by atoms with van der Waals surface area (Å²) in [5, 5.41) is 5.32. The molecule has 2 atom stereocenters. The summed E-state index contributed by atoms with van der Waals surface area (Å²) < 4.78 is 27.2. The van der Waals surface area contributed by atoms with Crippen LogP contribution in [0.4, 0.5) is 5.69 Å². The van der Waals surface area contributed by atoms with Crippen LogP contribution in [-0.2, 0) is 19.6 Å². The van der Waals surface area contributed by atoms with Crippen molar-refractivity contribution in [3.8, 4) is 0 Å². The average Bonchev–Trinajstić information content (AvgIpc) is 2.57. The number of hydrogen-bond donors (Lipinski definition) is 4. The van der Waals surface area contributed by atoms with Gasteiger partial charge in [-0.05, 0) is 37.6 Å². The molecule has 0 aliphatic carbocycles. The lowest BCUT2D eigenvalue weighted by atomic mass is 10.1. The summed E-state index contributed by atoms with van der Waals surface area (Å²) in [6.07, 6.45) is 2.68. The van der Waals surface area contributed by atoms with Crippen molar-refractivity contribution in [1.29, 1.82) is 0 Å². The number of nitrogens with one attached hydrogen (secondary N) is 3. The van der Waals surface area contributed by atoms with E-state index in [1.165, 1.54) is 38.1 Å². The second-order valence-corrected chi connectivity index (χ2v) is 7.85. The van der Waals surface area contributed by atoms with Crippen molar-refractivity contribution >= 4 is 39.9 Å². The number of amides is 2. The second-order valence-electron chi connectivity index (χ2n) is 6.13. The van der Waals surface area contributed by atoms with E-state index in [2.05, 4.69) is 15.4 Å². The first-order valence-electron chi connectivity index (χ1n) is 8.60. The molecule has 0 saturated heterocycles. The second kappa shape index (κ2) is 11.9. The van der Waals surface area contributed by atoms with Gasteiger partial charge >= 0.3 is 0 Å². The minimum atomic E-state index is -3.86.